The fourth-order valence-corrected chi connectivity index (χ4v) is 4.85. The number of rotatable bonds is 8. The molecule has 5 rings (SSSR count). The predicted molar refractivity (Wildman–Crippen MR) is 138 cm³/mol. The number of ether oxygens (including phenoxy) is 2. The molecular weight excluding hydrogens is 492 g/mol. The molecule has 196 valence electrons. The number of hydrogen-bond acceptors (Lipinski definition) is 4. The number of fused-ring (bicyclic) bond motifs is 1. The number of amides is 2. The fourth-order valence-electron chi connectivity index (χ4n) is 4.85. The highest BCUT2D eigenvalue weighted by atomic mass is 19.3. The van der Waals surface area contributed by atoms with Gasteiger partial charge in [0.1, 0.15) is 23.7 Å². The van der Waals surface area contributed by atoms with Crippen molar-refractivity contribution in [1.82, 2.24) is 14.8 Å². The predicted octanol–water partition coefficient (Wildman–Crippen LogP) is 4.87. The van der Waals surface area contributed by atoms with E-state index in [4.69, 9.17) is 4.74 Å². The topological polar surface area (TPSA) is 74.9 Å². The summed E-state index contributed by atoms with van der Waals surface area (Å²) in [6.07, 6.45) is 0.535. The maximum Gasteiger partial charge on any atom is 0.387 e. The minimum Gasteiger partial charge on any atom is -0.497 e. The highest BCUT2D eigenvalue weighted by Crippen LogP contribution is 2.25. The second-order valence-electron chi connectivity index (χ2n) is 9.21. The average Bonchev–Trinajstić information content (AvgIpc) is 3.34. The van der Waals surface area contributed by atoms with Crippen LogP contribution in [0.3, 0.4) is 0 Å². The van der Waals surface area contributed by atoms with E-state index in [1.807, 2.05) is 48.5 Å². The summed E-state index contributed by atoms with van der Waals surface area (Å²) in [5, 5.41) is 0.837. The Balaban J connectivity index is 1.39. The first-order valence-corrected chi connectivity index (χ1v) is 12.2. The Morgan fingerprint density at radius 2 is 1.79 bits per heavy atom. The molecule has 38 heavy (non-hydrogen) atoms. The number of piperazine rings is 1. The number of hydrogen-bond donors (Lipinski definition) is 1. The number of halogens is 2. The summed E-state index contributed by atoms with van der Waals surface area (Å²) < 4.78 is 35.2. The Morgan fingerprint density at radius 3 is 2.55 bits per heavy atom. The molecule has 0 aliphatic carbocycles. The third-order valence-electron chi connectivity index (χ3n) is 6.65. The van der Waals surface area contributed by atoms with Crippen LogP contribution >= 0.6 is 0 Å². The molecule has 3 aromatic carbocycles. The maximum absolute atomic E-state index is 13.5. The van der Waals surface area contributed by atoms with E-state index in [0.29, 0.717) is 30.0 Å². The lowest BCUT2D eigenvalue weighted by Crippen LogP contribution is -2.58. The maximum atomic E-state index is 13.5. The molecule has 0 saturated carbocycles. The molecule has 7 nitrogen and oxygen atoms in total. The summed E-state index contributed by atoms with van der Waals surface area (Å²) in [6.45, 7) is -2.48. The first kappa shape index (κ1) is 25.3. The molecule has 1 N–H and O–H groups in total. The van der Waals surface area contributed by atoms with E-state index in [1.54, 1.807) is 35.1 Å². The molecule has 1 aliphatic rings. The molecular formula is C29H27F2N3O4. The highest BCUT2D eigenvalue weighted by Gasteiger charge is 2.35. The second-order valence-corrected chi connectivity index (χ2v) is 9.21. The van der Waals surface area contributed by atoms with E-state index in [1.165, 1.54) is 12.1 Å². The number of aromatic nitrogens is 1. The molecule has 9 heteroatoms. The van der Waals surface area contributed by atoms with Crippen LogP contribution in [0.15, 0.2) is 78.9 Å². The van der Waals surface area contributed by atoms with Crippen molar-refractivity contribution < 1.29 is 27.8 Å². The molecule has 0 radical (unpaired) electrons. The van der Waals surface area contributed by atoms with Gasteiger partial charge >= 0.3 is 6.61 Å². The molecule has 0 bridgehead atoms. The van der Waals surface area contributed by atoms with E-state index in [2.05, 4.69) is 9.72 Å². The summed E-state index contributed by atoms with van der Waals surface area (Å²) in [4.78, 5) is 33.3. The molecule has 4 aromatic rings. The normalized spacial score (nSPS) is 15.8. The van der Waals surface area contributed by atoms with Crippen LogP contribution in [-0.4, -0.2) is 59.5 Å². The Kier molecular flexibility index (Phi) is 7.26. The van der Waals surface area contributed by atoms with Gasteiger partial charge in [-0.2, -0.15) is 8.78 Å². The van der Waals surface area contributed by atoms with Crippen molar-refractivity contribution in [3.05, 3.63) is 95.7 Å². The minimum atomic E-state index is -2.93. The first-order chi connectivity index (χ1) is 18.4. The number of H-pyrrole nitrogens is 1. The minimum absolute atomic E-state index is 0.0359. The SMILES string of the molecule is COc1ccc2[nH]c(C(=O)N3CC(=O)N(Cc4cccc(OC(F)F)c4)[C@@H](Cc4ccccc4)C3)cc2c1. The standard InChI is InChI=1S/C29H27F2N3O4/c1-37-23-10-11-25-21(14-23)15-26(32-25)28(36)33-17-22(12-19-6-3-2-4-7-19)34(27(35)18-33)16-20-8-5-9-24(13-20)38-29(30)31/h2-11,13-15,22,29,32H,12,16-18H2,1H3/t22-/m0/s1. The van der Waals surface area contributed by atoms with Gasteiger partial charge in [-0.1, -0.05) is 42.5 Å². The number of benzene rings is 3. The van der Waals surface area contributed by atoms with Gasteiger partial charge in [0, 0.05) is 24.0 Å². The van der Waals surface area contributed by atoms with Crippen molar-refractivity contribution in [2.75, 3.05) is 20.2 Å². The molecule has 1 atom stereocenters. The Bertz CT molecular complexity index is 1440. The summed E-state index contributed by atoms with van der Waals surface area (Å²) in [7, 11) is 1.58. The van der Waals surface area contributed by atoms with Crippen LogP contribution in [-0.2, 0) is 17.8 Å². The van der Waals surface area contributed by atoms with Gasteiger partial charge in [0.2, 0.25) is 5.91 Å². The second kappa shape index (κ2) is 10.9. The van der Waals surface area contributed by atoms with E-state index in [-0.39, 0.29) is 36.7 Å². The molecule has 2 heterocycles. The fraction of sp³-hybridized carbons (Fsp3) is 0.241. The largest absolute Gasteiger partial charge is 0.497 e. The summed E-state index contributed by atoms with van der Waals surface area (Å²) in [6, 6.07) is 23.0. The van der Waals surface area contributed by atoms with Crippen LogP contribution < -0.4 is 9.47 Å². The van der Waals surface area contributed by atoms with E-state index in [9.17, 15) is 18.4 Å². The molecule has 1 aliphatic heterocycles. The quantitative estimate of drug-likeness (QED) is 0.360. The van der Waals surface area contributed by atoms with Gasteiger partial charge in [-0.05, 0) is 53.9 Å². The number of alkyl halides is 2. The third-order valence-corrected chi connectivity index (χ3v) is 6.65. The van der Waals surface area contributed by atoms with Crippen molar-refractivity contribution in [3.8, 4) is 11.5 Å². The highest BCUT2D eigenvalue weighted by molar-refractivity contribution is 6.00. The molecule has 2 amide bonds. The van der Waals surface area contributed by atoms with Crippen molar-refractivity contribution in [3.63, 3.8) is 0 Å². The lowest BCUT2D eigenvalue weighted by molar-refractivity contribution is -0.139. The Hall–Kier alpha value is -4.40. The smallest absolute Gasteiger partial charge is 0.387 e. The van der Waals surface area contributed by atoms with Gasteiger partial charge in [0.15, 0.2) is 0 Å². The zero-order chi connectivity index (χ0) is 26.6. The lowest BCUT2D eigenvalue weighted by Gasteiger charge is -2.41. The van der Waals surface area contributed by atoms with Gasteiger partial charge < -0.3 is 24.3 Å². The van der Waals surface area contributed by atoms with Crippen LogP contribution in [0.2, 0.25) is 0 Å². The van der Waals surface area contributed by atoms with Crippen molar-refractivity contribution in [2.24, 2.45) is 0 Å². The molecule has 1 aromatic heterocycles. The number of methoxy groups -OCH3 is 1. The monoisotopic (exact) mass is 519 g/mol. The zero-order valence-electron chi connectivity index (χ0n) is 20.8. The van der Waals surface area contributed by atoms with Crippen LogP contribution in [0.25, 0.3) is 10.9 Å². The molecule has 1 saturated heterocycles. The molecule has 0 unspecified atom stereocenters. The summed E-state index contributed by atoms with van der Waals surface area (Å²) >= 11 is 0. The first-order valence-electron chi connectivity index (χ1n) is 12.2. The Labute approximate surface area is 218 Å². The van der Waals surface area contributed by atoms with Gasteiger partial charge in [-0.15, -0.1) is 0 Å². The van der Waals surface area contributed by atoms with Gasteiger partial charge in [0.05, 0.1) is 13.2 Å². The van der Waals surface area contributed by atoms with Crippen LogP contribution in [0, 0.1) is 0 Å². The van der Waals surface area contributed by atoms with Crippen molar-refractivity contribution in [1.29, 1.82) is 0 Å². The van der Waals surface area contributed by atoms with E-state index in [0.717, 1.165) is 16.5 Å². The summed E-state index contributed by atoms with van der Waals surface area (Å²) in [5.41, 5.74) is 2.88. The third kappa shape index (κ3) is 5.61. The van der Waals surface area contributed by atoms with Gasteiger partial charge in [-0.25, -0.2) is 0 Å². The zero-order valence-corrected chi connectivity index (χ0v) is 20.8. The van der Waals surface area contributed by atoms with Crippen LogP contribution in [0.1, 0.15) is 21.6 Å². The number of carbonyl (C=O) groups excluding carboxylic acids is 2. The average molecular weight is 520 g/mol. The van der Waals surface area contributed by atoms with E-state index < -0.39 is 6.61 Å². The number of nitrogens with one attached hydrogen (secondary N) is 1. The number of carbonyl (C=O) groups is 2. The lowest BCUT2D eigenvalue weighted by atomic mass is 10.0. The van der Waals surface area contributed by atoms with Gasteiger partial charge in [-0.3, -0.25) is 9.59 Å². The van der Waals surface area contributed by atoms with Crippen molar-refractivity contribution in [2.45, 2.75) is 25.6 Å². The van der Waals surface area contributed by atoms with E-state index >= 15 is 0 Å². The van der Waals surface area contributed by atoms with Crippen LogP contribution in [0.5, 0.6) is 11.5 Å². The number of nitrogens with zero attached hydrogens (tertiary/aromatic N) is 2. The van der Waals surface area contributed by atoms with Crippen LogP contribution in [0.4, 0.5) is 8.78 Å². The molecule has 0 spiro atoms. The van der Waals surface area contributed by atoms with Crippen molar-refractivity contribution >= 4 is 22.7 Å². The summed E-state index contributed by atoms with van der Waals surface area (Å²) in [5.74, 6) is 0.237. The molecule has 1 fully saturated rings. The number of aromatic amines is 1. The Morgan fingerprint density at radius 1 is 1.00 bits per heavy atom. The van der Waals surface area contributed by atoms with Gasteiger partial charge in [0.25, 0.3) is 5.91 Å².